The van der Waals surface area contributed by atoms with E-state index < -0.39 is 11.4 Å². The van der Waals surface area contributed by atoms with Gasteiger partial charge in [-0.15, -0.1) is 4.72 Å². The van der Waals surface area contributed by atoms with Crippen molar-refractivity contribution in [2.75, 3.05) is 50.4 Å². The summed E-state index contributed by atoms with van der Waals surface area (Å²) in [6, 6.07) is 5.45. The predicted octanol–water partition coefficient (Wildman–Crippen LogP) is 4.08. The zero-order valence-electron chi connectivity index (χ0n) is 21.0. The van der Waals surface area contributed by atoms with Gasteiger partial charge in [-0.1, -0.05) is 29.3 Å². The van der Waals surface area contributed by atoms with Gasteiger partial charge in [0.15, 0.2) is 5.65 Å². The van der Waals surface area contributed by atoms with E-state index in [0.717, 1.165) is 67.5 Å². The number of aryl methyl sites for hydroxylation is 1. The van der Waals surface area contributed by atoms with Crippen molar-refractivity contribution in [2.45, 2.75) is 32.7 Å². The van der Waals surface area contributed by atoms with Gasteiger partial charge >= 0.3 is 0 Å². The molecule has 194 valence electrons. The van der Waals surface area contributed by atoms with E-state index in [4.69, 9.17) is 38.3 Å². The molecule has 11 heteroatoms. The number of likely N-dealkylation sites (tertiary alicyclic amines) is 1. The monoisotopic (exact) mass is 549 g/mol. The second kappa shape index (κ2) is 11.0. The van der Waals surface area contributed by atoms with Crippen molar-refractivity contribution < 1.29 is 4.55 Å². The molecule has 1 aromatic carbocycles. The van der Waals surface area contributed by atoms with Crippen LogP contribution in [0.15, 0.2) is 24.4 Å². The Balaban J connectivity index is 1.27. The lowest BCUT2D eigenvalue weighted by atomic mass is 9.80. The SMILES string of the molecule is Cc1nn(C(C)c2ccc(Cl)cc2Cl)c2nc(N3CC(C4CCCN(CCN[S+](C)[O-])C4)C3)cnc12. The summed E-state index contributed by atoms with van der Waals surface area (Å²) in [6.45, 7) is 10.0. The molecule has 1 N–H and O–H groups in total. The molecule has 8 nitrogen and oxygen atoms in total. The van der Waals surface area contributed by atoms with Gasteiger partial charge in [0.25, 0.3) is 0 Å². The summed E-state index contributed by atoms with van der Waals surface area (Å²) in [5.74, 6) is 2.26. The number of hydrogen-bond donors (Lipinski definition) is 1. The quantitative estimate of drug-likeness (QED) is 0.423. The van der Waals surface area contributed by atoms with Gasteiger partial charge in [0.1, 0.15) is 17.6 Å². The van der Waals surface area contributed by atoms with Crippen LogP contribution in [-0.4, -0.2) is 74.7 Å². The molecule has 2 saturated heterocycles. The Morgan fingerprint density at radius 3 is 2.78 bits per heavy atom. The van der Waals surface area contributed by atoms with Crippen LogP contribution < -0.4 is 9.62 Å². The van der Waals surface area contributed by atoms with Crippen LogP contribution in [0.2, 0.25) is 10.0 Å². The minimum Gasteiger partial charge on any atom is -0.598 e. The molecule has 3 aromatic rings. The number of piperidine rings is 1. The summed E-state index contributed by atoms with van der Waals surface area (Å²) < 4.78 is 16.2. The van der Waals surface area contributed by atoms with Crippen LogP contribution in [0.1, 0.15) is 37.1 Å². The minimum atomic E-state index is -0.945. The van der Waals surface area contributed by atoms with Crippen LogP contribution in [0.3, 0.4) is 0 Å². The van der Waals surface area contributed by atoms with Crippen molar-refractivity contribution in [1.82, 2.24) is 29.4 Å². The van der Waals surface area contributed by atoms with Gasteiger partial charge in [-0.05, 0) is 62.8 Å². The first kappa shape index (κ1) is 26.0. The molecule has 2 aliphatic heterocycles. The zero-order valence-corrected chi connectivity index (χ0v) is 23.3. The molecule has 0 aliphatic carbocycles. The van der Waals surface area contributed by atoms with Crippen LogP contribution in [0, 0.1) is 18.8 Å². The maximum atomic E-state index is 11.3. The highest BCUT2D eigenvalue weighted by Gasteiger charge is 2.36. The fourth-order valence-electron chi connectivity index (χ4n) is 5.46. The van der Waals surface area contributed by atoms with E-state index in [1.54, 1.807) is 12.3 Å². The molecule has 0 spiro atoms. The molecule has 0 radical (unpaired) electrons. The van der Waals surface area contributed by atoms with E-state index in [9.17, 15) is 4.55 Å². The predicted molar refractivity (Wildman–Crippen MR) is 147 cm³/mol. The maximum absolute atomic E-state index is 11.3. The third-order valence-corrected chi connectivity index (χ3v) is 8.69. The summed E-state index contributed by atoms with van der Waals surface area (Å²) >= 11 is 11.7. The number of aromatic nitrogens is 4. The Morgan fingerprint density at radius 1 is 1.22 bits per heavy atom. The van der Waals surface area contributed by atoms with Crippen LogP contribution in [0.5, 0.6) is 0 Å². The average molecular weight is 551 g/mol. The molecule has 3 atom stereocenters. The topological polar surface area (TPSA) is 85.2 Å². The van der Waals surface area contributed by atoms with Crippen molar-refractivity contribution in [1.29, 1.82) is 0 Å². The van der Waals surface area contributed by atoms with Crippen LogP contribution >= 0.6 is 23.2 Å². The summed E-state index contributed by atoms with van der Waals surface area (Å²) in [7, 11) is 0. The molecule has 36 heavy (non-hydrogen) atoms. The normalized spacial score (nSPS) is 21.1. The Morgan fingerprint density at radius 2 is 2.03 bits per heavy atom. The van der Waals surface area contributed by atoms with Crippen LogP contribution in [0.4, 0.5) is 5.82 Å². The Kier molecular flexibility index (Phi) is 7.95. The van der Waals surface area contributed by atoms with E-state index in [0.29, 0.717) is 21.9 Å². The number of rotatable bonds is 8. The summed E-state index contributed by atoms with van der Waals surface area (Å²) in [5, 5.41) is 5.99. The minimum absolute atomic E-state index is 0.104. The van der Waals surface area contributed by atoms with Crippen molar-refractivity contribution in [3.8, 4) is 0 Å². The highest BCUT2D eigenvalue weighted by atomic mass is 35.5. The van der Waals surface area contributed by atoms with E-state index in [2.05, 4.69) is 21.4 Å². The molecule has 2 aromatic heterocycles. The summed E-state index contributed by atoms with van der Waals surface area (Å²) in [5.41, 5.74) is 3.39. The lowest BCUT2D eigenvalue weighted by Gasteiger charge is -2.47. The Labute approximate surface area is 225 Å². The van der Waals surface area contributed by atoms with Gasteiger partial charge in [-0.3, -0.25) is 0 Å². The lowest BCUT2D eigenvalue weighted by Crippen LogP contribution is -2.54. The third kappa shape index (κ3) is 5.47. The van der Waals surface area contributed by atoms with Gasteiger partial charge < -0.3 is 14.4 Å². The second-order valence-electron chi connectivity index (χ2n) is 9.99. The Bertz CT molecular complexity index is 1220. The first-order valence-electron chi connectivity index (χ1n) is 12.5. The number of nitrogens with zero attached hydrogens (tertiary/aromatic N) is 6. The van der Waals surface area contributed by atoms with E-state index in [1.165, 1.54) is 12.8 Å². The van der Waals surface area contributed by atoms with E-state index in [-0.39, 0.29) is 6.04 Å². The summed E-state index contributed by atoms with van der Waals surface area (Å²) in [4.78, 5) is 14.6. The molecular formula is C25H33Cl2N7OS. The molecule has 2 aliphatic rings. The molecular weight excluding hydrogens is 517 g/mol. The van der Waals surface area contributed by atoms with Crippen molar-refractivity contribution in [2.24, 2.45) is 11.8 Å². The number of benzene rings is 1. The molecule has 2 fully saturated rings. The molecule has 0 amide bonds. The average Bonchev–Trinajstić information content (AvgIpc) is 3.14. The van der Waals surface area contributed by atoms with Gasteiger partial charge in [0.2, 0.25) is 0 Å². The zero-order chi connectivity index (χ0) is 25.4. The largest absolute Gasteiger partial charge is 0.598 e. The first-order valence-corrected chi connectivity index (χ1v) is 14.8. The molecule has 0 saturated carbocycles. The highest BCUT2D eigenvalue weighted by molar-refractivity contribution is 7.88. The number of halogens is 2. The van der Waals surface area contributed by atoms with Crippen molar-refractivity contribution in [3.63, 3.8) is 0 Å². The number of fused-ring (bicyclic) bond motifs is 1. The molecule has 3 unspecified atom stereocenters. The Hall–Kier alpha value is -1.62. The molecule has 4 heterocycles. The van der Waals surface area contributed by atoms with E-state index >= 15 is 0 Å². The number of hydrogen-bond acceptors (Lipinski definition) is 7. The smallest absolute Gasteiger partial charge is 0.179 e. The van der Waals surface area contributed by atoms with Crippen LogP contribution in [-0.2, 0) is 11.4 Å². The van der Waals surface area contributed by atoms with Gasteiger partial charge in [0, 0.05) is 47.6 Å². The second-order valence-corrected chi connectivity index (χ2v) is 12.0. The highest BCUT2D eigenvalue weighted by Crippen LogP contribution is 2.35. The van der Waals surface area contributed by atoms with Crippen LogP contribution in [0.25, 0.3) is 11.2 Å². The first-order chi connectivity index (χ1) is 17.3. The fourth-order valence-corrected chi connectivity index (χ4v) is 6.41. The number of nitrogens with one attached hydrogen (secondary N) is 1. The summed E-state index contributed by atoms with van der Waals surface area (Å²) in [6.07, 6.45) is 6.06. The van der Waals surface area contributed by atoms with Crippen molar-refractivity contribution >= 4 is 51.5 Å². The lowest BCUT2D eigenvalue weighted by molar-refractivity contribution is 0.121. The number of anilines is 1. The maximum Gasteiger partial charge on any atom is 0.179 e. The third-order valence-electron chi connectivity index (χ3n) is 7.51. The van der Waals surface area contributed by atoms with Gasteiger partial charge in [0.05, 0.1) is 24.5 Å². The van der Waals surface area contributed by atoms with E-state index in [1.807, 2.05) is 29.9 Å². The van der Waals surface area contributed by atoms with Crippen molar-refractivity contribution in [3.05, 3.63) is 45.7 Å². The standard InChI is InChI=1S/C25H33Cl2N7OS/c1-16-24-25(34(31-16)17(2)21-7-6-20(26)11-22(21)27)30-23(12-28-24)33-14-19(15-33)18-5-4-9-32(13-18)10-8-29-36(3)35/h6-7,11-12,17-19,29H,4-5,8-10,13-15H2,1-3H3. The molecule has 5 rings (SSSR count). The van der Waals surface area contributed by atoms with Gasteiger partial charge in [-0.25, -0.2) is 14.6 Å². The van der Waals surface area contributed by atoms with Gasteiger partial charge in [-0.2, -0.15) is 5.10 Å². The fraction of sp³-hybridized carbons (Fsp3) is 0.560. The molecule has 0 bridgehead atoms.